The van der Waals surface area contributed by atoms with Crippen molar-refractivity contribution in [2.75, 3.05) is 6.61 Å². The maximum atomic E-state index is 12.1. The highest BCUT2D eigenvalue weighted by atomic mass is 16.5. The van der Waals surface area contributed by atoms with Gasteiger partial charge >= 0.3 is 0 Å². The van der Waals surface area contributed by atoms with Crippen molar-refractivity contribution in [2.24, 2.45) is 0 Å². The number of hydrogen-bond donors (Lipinski definition) is 2. The number of rotatable bonds is 8. The molecule has 1 aromatic carbocycles. The first-order chi connectivity index (χ1) is 11.5. The molecule has 0 saturated carbocycles. The van der Waals surface area contributed by atoms with Crippen LogP contribution >= 0.6 is 0 Å². The molecule has 1 atom stereocenters. The van der Waals surface area contributed by atoms with Crippen molar-refractivity contribution in [2.45, 2.75) is 39.7 Å². The van der Waals surface area contributed by atoms with Crippen LogP contribution in [0.2, 0.25) is 0 Å². The molecule has 0 radical (unpaired) electrons. The van der Waals surface area contributed by atoms with Crippen LogP contribution in [0.25, 0.3) is 6.08 Å². The topological polar surface area (TPSA) is 82.4 Å². The summed E-state index contributed by atoms with van der Waals surface area (Å²) in [5.41, 5.74) is 1.25. The molecule has 1 amide bonds. The molecule has 2 N–H and O–H groups in total. The minimum absolute atomic E-state index is 0.00740. The zero-order valence-electron chi connectivity index (χ0n) is 14.4. The smallest absolute Gasteiger partial charge is 0.262 e. The molecule has 0 unspecified atom stereocenters. The monoisotopic (exact) mass is 328 g/mol. The van der Waals surface area contributed by atoms with E-state index in [2.05, 4.69) is 11.9 Å². The van der Waals surface area contributed by atoms with Gasteiger partial charge in [0.25, 0.3) is 5.91 Å². The summed E-state index contributed by atoms with van der Waals surface area (Å²) in [4.78, 5) is 12.1. The van der Waals surface area contributed by atoms with E-state index in [1.807, 2.05) is 26.8 Å². The van der Waals surface area contributed by atoms with Crippen molar-refractivity contribution in [3.05, 3.63) is 41.5 Å². The lowest BCUT2D eigenvalue weighted by molar-refractivity contribution is -0.117. The minimum Gasteiger partial charge on any atom is -0.504 e. The molecule has 5 heteroatoms. The third-order valence-electron chi connectivity index (χ3n) is 3.51. The van der Waals surface area contributed by atoms with Gasteiger partial charge in [-0.25, -0.2) is 0 Å². The normalized spacial score (nSPS) is 12.2. The number of amides is 1. The van der Waals surface area contributed by atoms with Crippen LogP contribution in [0.4, 0.5) is 0 Å². The first-order valence-corrected chi connectivity index (χ1v) is 7.98. The summed E-state index contributed by atoms with van der Waals surface area (Å²) < 4.78 is 5.42. The summed E-state index contributed by atoms with van der Waals surface area (Å²) in [6.07, 6.45) is 4.39. The van der Waals surface area contributed by atoms with Gasteiger partial charge < -0.3 is 15.2 Å². The van der Waals surface area contributed by atoms with Crippen molar-refractivity contribution in [1.29, 1.82) is 5.26 Å². The first-order valence-electron chi connectivity index (χ1n) is 7.98. The van der Waals surface area contributed by atoms with Gasteiger partial charge in [0.05, 0.1) is 6.61 Å². The van der Waals surface area contributed by atoms with Gasteiger partial charge in [0.2, 0.25) is 0 Å². The molecule has 0 spiro atoms. The van der Waals surface area contributed by atoms with Gasteiger partial charge in [-0.2, -0.15) is 5.26 Å². The van der Waals surface area contributed by atoms with E-state index in [4.69, 9.17) is 4.74 Å². The number of nitrogens with one attached hydrogen (secondary N) is 1. The number of nitriles is 1. The van der Waals surface area contributed by atoms with Gasteiger partial charge in [0, 0.05) is 11.6 Å². The van der Waals surface area contributed by atoms with Crippen LogP contribution in [0.5, 0.6) is 11.5 Å². The van der Waals surface area contributed by atoms with Crippen molar-refractivity contribution < 1.29 is 14.6 Å². The molecular formula is C19H24N2O3. The van der Waals surface area contributed by atoms with Gasteiger partial charge in [-0.3, -0.25) is 4.79 Å². The van der Waals surface area contributed by atoms with Crippen LogP contribution < -0.4 is 10.1 Å². The molecule has 0 aliphatic rings. The summed E-state index contributed by atoms with van der Waals surface area (Å²) in [5, 5.41) is 22.2. The zero-order chi connectivity index (χ0) is 18.1. The van der Waals surface area contributed by atoms with Crippen LogP contribution in [-0.2, 0) is 11.2 Å². The summed E-state index contributed by atoms with van der Waals surface area (Å²) in [6.45, 7) is 9.71. The molecule has 0 saturated heterocycles. The molecule has 0 heterocycles. The van der Waals surface area contributed by atoms with Gasteiger partial charge in [0.1, 0.15) is 11.6 Å². The lowest BCUT2D eigenvalue weighted by Crippen LogP contribution is -2.32. The second-order valence-electron chi connectivity index (χ2n) is 5.41. The molecule has 0 aliphatic carbocycles. The predicted octanol–water partition coefficient (Wildman–Crippen LogP) is 3.34. The molecule has 1 aromatic rings. The Balaban J connectivity index is 3.25. The molecule has 128 valence electrons. The van der Waals surface area contributed by atoms with Gasteiger partial charge in [-0.15, -0.1) is 6.58 Å². The number of phenolic OH excluding ortho intramolecular Hbond substituents is 1. The molecule has 0 aromatic heterocycles. The lowest BCUT2D eigenvalue weighted by atomic mass is 10.0. The first kappa shape index (κ1) is 19.3. The van der Waals surface area contributed by atoms with Gasteiger partial charge in [-0.05, 0) is 50.5 Å². The van der Waals surface area contributed by atoms with E-state index in [0.29, 0.717) is 29.9 Å². The average Bonchev–Trinajstić information content (AvgIpc) is 2.56. The number of ether oxygens (including phenoxy) is 1. The van der Waals surface area contributed by atoms with Gasteiger partial charge in [-0.1, -0.05) is 13.0 Å². The quantitative estimate of drug-likeness (QED) is 0.435. The number of allylic oxidation sites excluding steroid dienone is 1. The minimum atomic E-state index is -0.414. The fourth-order valence-corrected chi connectivity index (χ4v) is 2.07. The number of nitrogens with zero attached hydrogens (tertiary/aromatic N) is 1. The van der Waals surface area contributed by atoms with Gasteiger partial charge in [0.15, 0.2) is 11.5 Å². The maximum Gasteiger partial charge on any atom is 0.262 e. The van der Waals surface area contributed by atoms with E-state index in [9.17, 15) is 15.2 Å². The summed E-state index contributed by atoms with van der Waals surface area (Å²) in [6, 6.07) is 5.24. The van der Waals surface area contributed by atoms with Crippen LogP contribution in [0.3, 0.4) is 0 Å². The molecule has 1 rings (SSSR count). The van der Waals surface area contributed by atoms with Crippen LogP contribution in [0, 0.1) is 11.3 Å². The third kappa shape index (κ3) is 5.17. The molecular weight excluding hydrogens is 304 g/mol. The number of carbonyl (C=O) groups is 1. The predicted molar refractivity (Wildman–Crippen MR) is 94.7 cm³/mol. The Kier molecular flexibility index (Phi) is 7.57. The Morgan fingerprint density at radius 1 is 1.50 bits per heavy atom. The Morgan fingerprint density at radius 2 is 2.21 bits per heavy atom. The summed E-state index contributed by atoms with van der Waals surface area (Å²) in [5.74, 6) is -0.0395. The van der Waals surface area contributed by atoms with Crippen LogP contribution in [-0.4, -0.2) is 23.7 Å². The van der Waals surface area contributed by atoms with Crippen molar-refractivity contribution >= 4 is 12.0 Å². The number of aromatic hydroxyl groups is 1. The summed E-state index contributed by atoms with van der Waals surface area (Å²) >= 11 is 0. The fraction of sp³-hybridized carbons (Fsp3) is 0.368. The highest BCUT2D eigenvalue weighted by molar-refractivity contribution is 6.01. The molecule has 0 fully saturated rings. The molecule has 0 bridgehead atoms. The van der Waals surface area contributed by atoms with E-state index in [0.717, 1.165) is 6.42 Å². The third-order valence-corrected chi connectivity index (χ3v) is 3.51. The summed E-state index contributed by atoms with van der Waals surface area (Å²) in [7, 11) is 0. The number of benzene rings is 1. The van der Waals surface area contributed by atoms with Crippen LogP contribution in [0.15, 0.2) is 30.4 Å². The zero-order valence-corrected chi connectivity index (χ0v) is 14.4. The Hall–Kier alpha value is -2.74. The van der Waals surface area contributed by atoms with E-state index < -0.39 is 5.91 Å². The number of phenols is 1. The Bertz CT molecular complexity index is 672. The fourth-order valence-electron chi connectivity index (χ4n) is 2.07. The second-order valence-corrected chi connectivity index (χ2v) is 5.41. The average molecular weight is 328 g/mol. The van der Waals surface area contributed by atoms with E-state index in [1.165, 1.54) is 6.08 Å². The largest absolute Gasteiger partial charge is 0.504 e. The highest BCUT2D eigenvalue weighted by Crippen LogP contribution is 2.33. The molecule has 5 nitrogen and oxygen atoms in total. The Labute approximate surface area is 143 Å². The van der Waals surface area contributed by atoms with E-state index in [-0.39, 0.29) is 17.4 Å². The maximum absolute atomic E-state index is 12.1. The lowest BCUT2D eigenvalue weighted by Gasteiger charge is -2.12. The van der Waals surface area contributed by atoms with E-state index in [1.54, 1.807) is 18.2 Å². The molecule has 0 aliphatic heterocycles. The number of carbonyl (C=O) groups excluding carboxylic acids is 1. The van der Waals surface area contributed by atoms with Crippen molar-refractivity contribution in [3.63, 3.8) is 0 Å². The Morgan fingerprint density at radius 3 is 2.75 bits per heavy atom. The van der Waals surface area contributed by atoms with Crippen molar-refractivity contribution in [1.82, 2.24) is 5.32 Å². The van der Waals surface area contributed by atoms with Crippen LogP contribution in [0.1, 0.15) is 38.3 Å². The van der Waals surface area contributed by atoms with Crippen molar-refractivity contribution in [3.8, 4) is 17.6 Å². The highest BCUT2D eigenvalue weighted by Gasteiger charge is 2.14. The second kappa shape index (κ2) is 9.41. The SMILES string of the molecule is C=CCc1cc(/C=C(\C#N)C(=O)N[C@@H](C)CC)cc(OCC)c1O. The molecule has 24 heavy (non-hydrogen) atoms. The standard InChI is InChI=1S/C19H24N2O3/c1-5-8-15-9-14(11-17(18(15)22)24-7-3)10-16(12-20)19(23)21-13(4)6-2/h5,9-11,13,22H,1,6-8H2,2-4H3,(H,21,23)/b16-10+/t13-/m0/s1. The van der Waals surface area contributed by atoms with E-state index >= 15 is 0 Å². The number of hydrogen-bond acceptors (Lipinski definition) is 4.